The first-order valence-electron chi connectivity index (χ1n) is 3.67. The molecule has 8 heteroatoms. The minimum Gasteiger partial charge on any atom is -0.243 e. The van der Waals surface area contributed by atoms with Crippen molar-refractivity contribution in [1.82, 2.24) is 29.5 Å². The summed E-state index contributed by atoms with van der Waals surface area (Å²) in [5, 5.41) is 7.46. The molecule has 0 amide bonds. The van der Waals surface area contributed by atoms with Gasteiger partial charge in [-0.15, -0.1) is 9.78 Å². The molecule has 0 aliphatic rings. The minimum atomic E-state index is -0.520. The Bertz CT molecular complexity index is 461. The third-order valence-corrected chi connectivity index (χ3v) is 1.71. The lowest BCUT2D eigenvalue weighted by Gasteiger charge is -1.97. The van der Waals surface area contributed by atoms with Crippen molar-refractivity contribution in [1.29, 1.82) is 0 Å². The maximum absolute atomic E-state index is 11.6. The molecule has 2 rings (SSSR count). The first-order chi connectivity index (χ1) is 6.68. The van der Waals surface area contributed by atoms with Crippen LogP contribution in [0.1, 0.15) is 5.82 Å². The summed E-state index contributed by atoms with van der Waals surface area (Å²) < 4.78 is 1.96. The van der Waals surface area contributed by atoms with Crippen molar-refractivity contribution in [3.8, 4) is 0 Å². The second-order valence-corrected chi connectivity index (χ2v) is 2.80. The van der Waals surface area contributed by atoms with Crippen molar-refractivity contribution in [2.45, 2.75) is 6.92 Å². The standard InChI is InChI=1S/C6H5ClN6O/c1-4-10-5(7)13(11-4)6(14)12-3-8-2-9-12/h2-3H,1H3. The van der Waals surface area contributed by atoms with Gasteiger partial charge in [0, 0.05) is 0 Å². The van der Waals surface area contributed by atoms with E-state index in [9.17, 15) is 4.79 Å². The van der Waals surface area contributed by atoms with Crippen LogP contribution < -0.4 is 0 Å². The Hall–Kier alpha value is -1.76. The van der Waals surface area contributed by atoms with E-state index in [4.69, 9.17) is 11.6 Å². The Morgan fingerprint density at radius 2 is 2.36 bits per heavy atom. The zero-order valence-electron chi connectivity index (χ0n) is 7.12. The van der Waals surface area contributed by atoms with Gasteiger partial charge in [0.2, 0.25) is 5.28 Å². The quantitative estimate of drug-likeness (QED) is 0.630. The van der Waals surface area contributed by atoms with Crippen LogP contribution in [0.5, 0.6) is 0 Å². The summed E-state index contributed by atoms with van der Waals surface area (Å²) in [7, 11) is 0. The van der Waals surface area contributed by atoms with Crippen LogP contribution in [0.4, 0.5) is 4.79 Å². The van der Waals surface area contributed by atoms with Crippen molar-refractivity contribution in [2.75, 3.05) is 0 Å². The molecule has 72 valence electrons. The highest BCUT2D eigenvalue weighted by Gasteiger charge is 2.14. The molecular formula is C6H5ClN6O. The van der Waals surface area contributed by atoms with E-state index >= 15 is 0 Å². The summed E-state index contributed by atoms with van der Waals surface area (Å²) in [5.74, 6) is 0.420. The highest BCUT2D eigenvalue weighted by atomic mass is 35.5. The Kier molecular flexibility index (Phi) is 2.01. The predicted molar refractivity (Wildman–Crippen MR) is 46.0 cm³/mol. The van der Waals surface area contributed by atoms with E-state index in [1.807, 2.05) is 0 Å². The second kappa shape index (κ2) is 3.18. The zero-order chi connectivity index (χ0) is 10.1. The lowest BCUT2D eigenvalue weighted by Crippen LogP contribution is -2.21. The van der Waals surface area contributed by atoms with Gasteiger partial charge in [-0.3, -0.25) is 0 Å². The molecule has 2 aromatic heterocycles. The molecule has 7 nitrogen and oxygen atoms in total. The highest BCUT2D eigenvalue weighted by molar-refractivity contribution is 6.29. The largest absolute Gasteiger partial charge is 0.373 e. The molecule has 0 fully saturated rings. The number of nitrogens with zero attached hydrogens (tertiary/aromatic N) is 6. The first kappa shape index (κ1) is 8.82. The summed E-state index contributed by atoms with van der Waals surface area (Å²) in [6.07, 6.45) is 2.51. The molecule has 0 N–H and O–H groups in total. The van der Waals surface area contributed by atoms with Crippen molar-refractivity contribution >= 4 is 17.6 Å². The van der Waals surface area contributed by atoms with Crippen molar-refractivity contribution in [3.63, 3.8) is 0 Å². The number of carbonyl (C=O) groups is 1. The molecule has 0 aromatic carbocycles. The molecule has 0 atom stereocenters. The zero-order valence-corrected chi connectivity index (χ0v) is 7.88. The van der Waals surface area contributed by atoms with Crippen LogP contribution in [0.25, 0.3) is 0 Å². The van der Waals surface area contributed by atoms with Gasteiger partial charge in [-0.2, -0.15) is 9.78 Å². The van der Waals surface area contributed by atoms with Gasteiger partial charge in [-0.05, 0) is 18.5 Å². The third-order valence-electron chi connectivity index (χ3n) is 1.47. The van der Waals surface area contributed by atoms with Gasteiger partial charge in [0.05, 0.1) is 0 Å². The average Bonchev–Trinajstić information content (AvgIpc) is 2.73. The normalized spacial score (nSPS) is 10.4. The molecule has 0 aliphatic carbocycles. The van der Waals surface area contributed by atoms with Crippen LogP contribution in [0.3, 0.4) is 0 Å². The third kappa shape index (κ3) is 1.37. The molecule has 0 unspecified atom stereocenters. The molecule has 0 aliphatic heterocycles. The van der Waals surface area contributed by atoms with Gasteiger partial charge >= 0.3 is 6.03 Å². The van der Waals surface area contributed by atoms with Gasteiger partial charge in [-0.1, -0.05) is 0 Å². The van der Waals surface area contributed by atoms with Crippen molar-refractivity contribution in [3.05, 3.63) is 23.8 Å². The monoisotopic (exact) mass is 212 g/mol. The van der Waals surface area contributed by atoms with E-state index in [0.29, 0.717) is 5.82 Å². The second-order valence-electron chi connectivity index (χ2n) is 2.46. The summed E-state index contributed by atoms with van der Waals surface area (Å²) in [6, 6.07) is -0.520. The highest BCUT2D eigenvalue weighted by Crippen LogP contribution is 2.05. The Labute approximate surface area is 83.3 Å². The fraction of sp³-hybridized carbons (Fsp3) is 0.167. The molecule has 0 radical (unpaired) electrons. The fourth-order valence-corrected chi connectivity index (χ4v) is 1.15. The topological polar surface area (TPSA) is 78.5 Å². The maximum Gasteiger partial charge on any atom is 0.373 e. The molecule has 0 saturated carbocycles. The fourth-order valence-electron chi connectivity index (χ4n) is 0.915. The molecule has 0 saturated heterocycles. The van der Waals surface area contributed by atoms with Crippen LogP contribution in [-0.2, 0) is 0 Å². The number of rotatable bonds is 0. The predicted octanol–water partition coefficient (Wildman–Crippen LogP) is 0.348. The van der Waals surface area contributed by atoms with Crippen LogP contribution in [-0.4, -0.2) is 35.6 Å². The van der Waals surface area contributed by atoms with Gasteiger partial charge in [0.1, 0.15) is 18.5 Å². The molecule has 2 aromatic rings. The Morgan fingerprint density at radius 3 is 2.86 bits per heavy atom. The number of hydrogen-bond acceptors (Lipinski definition) is 5. The SMILES string of the molecule is Cc1nc(Cl)n(C(=O)n2cncn2)n1. The van der Waals surface area contributed by atoms with E-state index in [0.717, 1.165) is 9.36 Å². The van der Waals surface area contributed by atoms with E-state index < -0.39 is 6.03 Å². The van der Waals surface area contributed by atoms with E-state index in [-0.39, 0.29) is 5.28 Å². The van der Waals surface area contributed by atoms with E-state index in [1.165, 1.54) is 12.7 Å². The van der Waals surface area contributed by atoms with Crippen molar-refractivity contribution in [2.24, 2.45) is 0 Å². The number of aryl methyl sites for hydroxylation is 1. The van der Waals surface area contributed by atoms with Crippen LogP contribution >= 0.6 is 11.6 Å². The lowest BCUT2D eigenvalue weighted by molar-refractivity contribution is 0.238. The van der Waals surface area contributed by atoms with E-state index in [1.54, 1.807) is 6.92 Å². The van der Waals surface area contributed by atoms with Gasteiger partial charge < -0.3 is 0 Å². The lowest BCUT2D eigenvalue weighted by atomic mass is 10.8. The Balaban J connectivity index is 2.41. The van der Waals surface area contributed by atoms with E-state index in [2.05, 4.69) is 20.2 Å². The van der Waals surface area contributed by atoms with Crippen LogP contribution in [0.2, 0.25) is 5.28 Å². The van der Waals surface area contributed by atoms with Gasteiger partial charge in [-0.25, -0.2) is 14.8 Å². The molecule has 14 heavy (non-hydrogen) atoms. The minimum absolute atomic E-state index is 0.00278. The molecule has 0 spiro atoms. The van der Waals surface area contributed by atoms with Crippen molar-refractivity contribution < 1.29 is 4.79 Å². The smallest absolute Gasteiger partial charge is 0.243 e. The molecule has 0 bridgehead atoms. The summed E-state index contributed by atoms with van der Waals surface area (Å²) in [6.45, 7) is 1.64. The molecule has 2 heterocycles. The molecular weight excluding hydrogens is 208 g/mol. The number of carbonyl (C=O) groups excluding carboxylic acids is 1. The summed E-state index contributed by atoms with van der Waals surface area (Å²) >= 11 is 5.66. The summed E-state index contributed by atoms with van der Waals surface area (Å²) in [5.41, 5.74) is 0. The van der Waals surface area contributed by atoms with Gasteiger partial charge in [0.25, 0.3) is 0 Å². The average molecular weight is 213 g/mol. The first-order valence-corrected chi connectivity index (χ1v) is 4.05. The summed E-state index contributed by atoms with van der Waals surface area (Å²) in [4.78, 5) is 19.0. The van der Waals surface area contributed by atoms with Gasteiger partial charge in [0.15, 0.2) is 0 Å². The maximum atomic E-state index is 11.6. The van der Waals surface area contributed by atoms with Crippen LogP contribution in [0, 0.1) is 6.92 Å². The van der Waals surface area contributed by atoms with Crippen LogP contribution in [0.15, 0.2) is 12.7 Å². The number of halogens is 1. The Morgan fingerprint density at radius 1 is 1.57 bits per heavy atom. The number of aromatic nitrogens is 6. The number of hydrogen-bond donors (Lipinski definition) is 0.